The molecule has 0 fully saturated rings. The monoisotopic (exact) mass is 451 g/mol. The number of nitrogens with zero attached hydrogens (tertiary/aromatic N) is 3. The van der Waals surface area contributed by atoms with Gasteiger partial charge >= 0.3 is 0 Å². The highest BCUT2D eigenvalue weighted by Gasteiger charge is 2.23. The van der Waals surface area contributed by atoms with Gasteiger partial charge in [-0.3, -0.25) is 9.69 Å². The molecule has 0 aliphatic heterocycles. The lowest BCUT2D eigenvalue weighted by Gasteiger charge is -2.20. The van der Waals surface area contributed by atoms with Crippen molar-refractivity contribution in [3.63, 3.8) is 0 Å². The first kappa shape index (κ1) is 19.5. The first-order valence-corrected chi connectivity index (χ1v) is 10.9. The van der Waals surface area contributed by atoms with Gasteiger partial charge in [0.15, 0.2) is 5.13 Å². The number of rotatable bonds is 6. The molecule has 0 aliphatic carbocycles. The second-order valence-electron chi connectivity index (χ2n) is 6.64. The molecule has 0 spiro atoms. The summed E-state index contributed by atoms with van der Waals surface area (Å²) >= 11 is 6.51. The molecule has 2 heterocycles. The number of thiazole rings is 1. The summed E-state index contributed by atoms with van der Waals surface area (Å²) in [5.41, 5.74) is 3.37. The van der Waals surface area contributed by atoms with Crippen LogP contribution in [0.15, 0.2) is 28.1 Å². The first-order chi connectivity index (χ1) is 12.3. The molecule has 138 valence electrons. The average Bonchev–Trinajstić information content (AvgIpc) is 3.17. The quantitative estimate of drug-likeness (QED) is 0.507. The van der Waals surface area contributed by atoms with Crippen LogP contribution < -0.4 is 4.90 Å². The van der Waals surface area contributed by atoms with Gasteiger partial charge in [-0.2, -0.15) is 0 Å². The van der Waals surface area contributed by atoms with Crippen molar-refractivity contribution in [2.24, 2.45) is 0 Å². The molecule has 7 heteroatoms. The van der Waals surface area contributed by atoms with E-state index in [0.29, 0.717) is 6.54 Å². The lowest BCUT2D eigenvalue weighted by atomic mass is 10.1. The Hall–Kier alpha value is -1.28. The maximum Gasteiger partial charge on any atom is 0.270 e. The molecule has 0 saturated carbocycles. The van der Waals surface area contributed by atoms with Crippen LogP contribution >= 0.6 is 38.6 Å². The van der Waals surface area contributed by atoms with Crippen LogP contribution in [0.1, 0.15) is 27.2 Å². The van der Waals surface area contributed by atoms with Crippen LogP contribution in [-0.2, 0) is 0 Å². The maximum atomic E-state index is 13.1. The van der Waals surface area contributed by atoms with E-state index >= 15 is 0 Å². The fourth-order valence-electron chi connectivity index (χ4n) is 2.87. The number of benzene rings is 1. The lowest BCUT2D eigenvalue weighted by molar-refractivity contribution is 0.0990. The van der Waals surface area contributed by atoms with Gasteiger partial charge in [-0.1, -0.05) is 17.4 Å². The molecular formula is C19H22BrN3OS2. The molecule has 0 saturated heterocycles. The van der Waals surface area contributed by atoms with Gasteiger partial charge < -0.3 is 4.90 Å². The highest BCUT2D eigenvalue weighted by molar-refractivity contribution is 9.11. The van der Waals surface area contributed by atoms with Crippen molar-refractivity contribution in [2.75, 3.05) is 32.1 Å². The number of aromatic nitrogens is 1. The predicted octanol–water partition coefficient (Wildman–Crippen LogP) is 5.34. The van der Waals surface area contributed by atoms with Gasteiger partial charge in [0.25, 0.3) is 5.91 Å². The van der Waals surface area contributed by atoms with Crippen molar-refractivity contribution in [1.29, 1.82) is 0 Å². The summed E-state index contributed by atoms with van der Waals surface area (Å²) in [5, 5.41) is 0.780. The molecule has 2 aromatic heterocycles. The van der Waals surface area contributed by atoms with Gasteiger partial charge in [0.2, 0.25) is 0 Å². The Kier molecular flexibility index (Phi) is 6.12. The van der Waals surface area contributed by atoms with Gasteiger partial charge in [-0.15, -0.1) is 11.3 Å². The summed E-state index contributed by atoms with van der Waals surface area (Å²) in [6, 6.07) is 8.08. The number of carbonyl (C=O) groups excluding carboxylic acids is 1. The SMILES string of the molecule is Cc1cc(C)c2nc(N(CCCN(C)C)C(=O)c3ccc(Br)s3)sc2c1. The molecule has 0 unspecified atom stereocenters. The Balaban J connectivity index is 1.96. The Labute approximate surface area is 170 Å². The zero-order chi connectivity index (χ0) is 18.8. The molecule has 0 bridgehead atoms. The third-order valence-corrected chi connectivity index (χ3v) is 6.70. The molecule has 26 heavy (non-hydrogen) atoms. The minimum Gasteiger partial charge on any atom is -0.309 e. The lowest BCUT2D eigenvalue weighted by Crippen LogP contribution is -2.32. The Bertz CT molecular complexity index is 932. The van der Waals surface area contributed by atoms with Gasteiger partial charge in [0.05, 0.1) is 18.9 Å². The van der Waals surface area contributed by atoms with Crippen LogP contribution in [0.4, 0.5) is 5.13 Å². The van der Waals surface area contributed by atoms with Gasteiger partial charge in [0, 0.05) is 6.54 Å². The molecule has 0 atom stereocenters. The predicted molar refractivity (Wildman–Crippen MR) is 116 cm³/mol. The van der Waals surface area contributed by atoms with E-state index in [0.717, 1.165) is 42.5 Å². The number of carbonyl (C=O) groups is 1. The van der Waals surface area contributed by atoms with Crippen LogP contribution in [0.3, 0.4) is 0 Å². The van der Waals surface area contributed by atoms with Crippen LogP contribution in [-0.4, -0.2) is 43.0 Å². The second kappa shape index (κ2) is 8.17. The summed E-state index contributed by atoms with van der Waals surface area (Å²) < 4.78 is 2.10. The minimum absolute atomic E-state index is 0.0212. The maximum absolute atomic E-state index is 13.1. The standard InChI is InChI=1S/C19H22BrN3OS2/c1-12-10-13(2)17-15(11-12)26-19(21-17)23(9-5-8-22(3)4)18(24)14-6-7-16(20)25-14/h6-7,10-11H,5,8-9H2,1-4H3. The van der Waals surface area contributed by atoms with Crippen LogP contribution in [0.5, 0.6) is 0 Å². The number of hydrogen-bond acceptors (Lipinski definition) is 5. The van der Waals surface area contributed by atoms with E-state index in [1.54, 1.807) is 11.3 Å². The average molecular weight is 452 g/mol. The number of fused-ring (bicyclic) bond motifs is 1. The molecule has 3 rings (SSSR count). The summed E-state index contributed by atoms with van der Waals surface area (Å²) in [5.74, 6) is 0.0212. The molecule has 4 nitrogen and oxygen atoms in total. The van der Waals surface area contributed by atoms with E-state index in [9.17, 15) is 4.79 Å². The van der Waals surface area contributed by atoms with Crippen molar-refractivity contribution in [3.05, 3.63) is 44.1 Å². The van der Waals surface area contributed by atoms with E-state index in [2.05, 4.69) is 46.8 Å². The molecule has 1 amide bonds. The number of amides is 1. The largest absolute Gasteiger partial charge is 0.309 e. The molecule has 0 aliphatic rings. The van der Waals surface area contributed by atoms with Crippen molar-refractivity contribution in [1.82, 2.24) is 9.88 Å². The van der Waals surface area contributed by atoms with E-state index < -0.39 is 0 Å². The Morgan fingerprint density at radius 3 is 2.58 bits per heavy atom. The van der Waals surface area contributed by atoms with Crippen molar-refractivity contribution < 1.29 is 4.79 Å². The van der Waals surface area contributed by atoms with Gasteiger partial charge in [-0.05, 0) is 86.2 Å². The summed E-state index contributed by atoms with van der Waals surface area (Å²) in [4.78, 5) is 22.6. The molecule has 0 radical (unpaired) electrons. The van der Waals surface area contributed by atoms with Crippen LogP contribution in [0, 0.1) is 13.8 Å². The number of thiophene rings is 1. The normalized spacial score (nSPS) is 11.5. The third kappa shape index (κ3) is 4.34. The molecule has 0 N–H and O–H groups in total. The fourth-order valence-corrected chi connectivity index (χ4v) is 5.37. The van der Waals surface area contributed by atoms with Crippen molar-refractivity contribution >= 4 is 59.9 Å². The number of aryl methyl sites for hydroxylation is 2. The number of hydrogen-bond donors (Lipinski definition) is 0. The van der Waals surface area contributed by atoms with E-state index in [4.69, 9.17) is 4.98 Å². The van der Waals surface area contributed by atoms with Crippen LogP contribution in [0.25, 0.3) is 10.2 Å². The van der Waals surface area contributed by atoms with E-state index in [1.807, 2.05) is 31.1 Å². The first-order valence-electron chi connectivity index (χ1n) is 8.45. The number of anilines is 1. The fraction of sp³-hybridized carbons (Fsp3) is 0.368. The third-order valence-electron chi connectivity index (χ3n) is 4.07. The zero-order valence-corrected chi connectivity index (χ0v) is 18.6. The van der Waals surface area contributed by atoms with Crippen molar-refractivity contribution in [3.8, 4) is 0 Å². The minimum atomic E-state index is 0.0212. The number of halogens is 1. The Morgan fingerprint density at radius 2 is 1.92 bits per heavy atom. The van der Waals surface area contributed by atoms with Crippen molar-refractivity contribution in [2.45, 2.75) is 20.3 Å². The Morgan fingerprint density at radius 1 is 1.15 bits per heavy atom. The van der Waals surface area contributed by atoms with Gasteiger partial charge in [-0.25, -0.2) is 4.98 Å². The summed E-state index contributed by atoms with van der Waals surface area (Å²) in [6.45, 7) is 5.76. The second-order valence-corrected chi connectivity index (χ2v) is 10.1. The van der Waals surface area contributed by atoms with Gasteiger partial charge in [0.1, 0.15) is 0 Å². The molecule has 1 aromatic carbocycles. The summed E-state index contributed by atoms with van der Waals surface area (Å²) in [6.07, 6.45) is 0.902. The topological polar surface area (TPSA) is 36.4 Å². The van der Waals surface area contributed by atoms with Crippen LogP contribution in [0.2, 0.25) is 0 Å². The molecular weight excluding hydrogens is 430 g/mol. The highest BCUT2D eigenvalue weighted by atomic mass is 79.9. The zero-order valence-electron chi connectivity index (χ0n) is 15.4. The molecule has 3 aromatic rings. The highest BCUT2D eigenvalue weighted by Crippen LogP contribution is 2.33. The summed E-state index contributed by atoms with van der Waals surface area (Å²) in [7, 11) is 4.10. The smallest absolute Gasteiger partial charge is 0.270 e. The van der Waals surface area contributed by atoms with E-state index in [-0.39, 0.29) is 5.91 Å². The van der Waals surface area contributed by atoms with E-state index in [1.165, 1.54) is 16.9 Å².